The van der Waals surface area contributed by atoms with Crippen LogP contribution in [0.25, 0.3) is 0 Å². The number of aryl methyl sites for hydroxylation is 1. The fourth-order valence-corrected chi connectivity index (χ4v) is 1.54. The summed E-state index contributed by atoms with van der Waals surface area (Å²) < 4.78 is 5.43. The first-order valence-corrected chi connectivity index (χ1v) is 5.72. The van der Waals surface area contributed by atoms with Crippen LogP contribution >= 0.6 is 0 Å². The second-order valence-corrected chi connectivity index (χ2v) is 3.74. The van der Waals surface area contributed by atoms with Crippen LogP contribution in [0.5, 0.6) is 0 Å². The van der Waals surface area contributed by atoms with E-state index in [-0.39, 0.29) is 13.2 Å². The normalized spacial score (nSPS) is 10.7. The van der Waals surface area contributed by atoms with Crippen molar-refractivity contribution >= 4 is 0 Å². The van der Waals surface area contributed by atoms with Crippen molar-refractivity contribution < 1.29 is 14.9 Å². The quantitative estimate of drug-likeness (QED) is 0.692. The average Bonchev–Trinajstić information content (AvgIpc) is 2.34. The molecule has 0 fully saturated rings. The number of rotatable bonds is 7. The van der Waals surface area contributed by atoms with E-state index in [1.165, 1.54) is 5.56 Å². The van der Waals surface area contributed by atoms with Crippen molar-refractivity contribution in [1.29, 1.82) is 0 Å². The molecule has 0 saturated carbocycles. The lowest BCUT2D eigenvalue weighted by Gasteiger charge is -2.10. The Hall–Kier alpha value is -0.900. The van der Waals surface area contributed by atoms with Crippen LogP contribution < -0.4 is 0 Å². The fourth-order valence-electron chi connectivity index (χ4n) is 1.54. The van der Waals surface area contributed by atoms with Crippen LogP contribution in [0, 0.1) is 0 Å². The third-order valence-electron chi connectivity index (χ3n) is 2.55. The molecule has 0 saturated heterocycles. The van der Waals surface area contributed by atoms with Gasteiger partial charge in [0.25, 0.3) is 0 Å². The average molecular weight is 224 g/mol. The van der Waals surface area contributed by atoms with Crippen molar-refractivity contribution in [3.05, 3.63) is 34.9 Å². The SMILES string of the molecule is CCc1ccc(CO)c(COCCCO)c1. The van der Waals surface area contributed by atoms with Crippen LogP contribution in [0.3, 0.4) is 0 Å². The van der Waals surface area contributed by atoms with E-state index in [1.807, 2.05) is 12.1 Å². The summed E-state index contributed by atoms with van der Waals surface area (Å²) in [4.78, 5) is 0. The maximum atomic E-state index is 9.19. The third kappa shape index (κ3) is 3.93. The highest BCUT2D eigenvalue weighted by molar-refractivity contribution is 5.31. The summed E-state index contributed by atoms with van der Waals surface area (Å²) in [5.74, 6) is 0. The van der Waals surface area contributed by atoms with Gasteiger partial charge >= 0.3 is 0 Å². The Morgan fingerprint density at radius 2 is 2.00 bits per heavy atom. The monoisotopic (exact) mass is 224 g/mol. The summed E-state index contributed by atoms with van der Waals surface area (Å²) in [6, 6.07) is 6.05. The van der Waals surface area contributed by atoms with E-state index < -0.39 is 0 Å². The fraction of sp³-hybridized carbons (Fsp3) is 0.538. The number of aliphatic hydroxyl groups excluding tert-OH is 2. The molecule has 16 heavy (non-hydrogen) atoms. The molecule has 0 aliphatic heterocycles. The highest BCUT2D eigenvalue weighted by Crippen LogP contribution is 2.14. The lowest BCUT2D eigenvalue weighted by molar-refractivity contribution is 0.103. The van der Waals surface area contributed by atoms with Crippen molar-refractivity contribution in [2.24, 2.45) is 0 Å². The number of hydrogen-bond acceptors (Lipinski definition) is 3. The van der Waals surface area contributed by atoms with Gasteiger partial charge in [-0.25, -0.2) is 0 Å². The molecule has 1 rings (SSSR count). The molecule has 1 aromatic carbocycles. The summed E-state index contributed by atoms with van der Waals surface area (Å²) in [7, 11) is 0. The van der Waals surface area contributed by atoms with Gasteiger partial charge in [0.15, 0.2) is 0 Å². The van der Waals surface area contributed by atoms with Crippen molar-refractivity contribution in [3.8, 4) is 0 Å². The molecule has 2 N–H and O–H groups in total. The second kappa shape index (κ2) is 7.39. The zero-order chi connectivity index (χ0) is 11.8. The minimum absolute atomic E-state index is 0.0443. The molecule has 3 heteroatoms. The van der Waals surface area contributed by atoms with Crippen molar-refractivity contribution in [2.75, 3.05) is 13.2 Å². The van der Waals surface area contributed by atoms with Crippen LogP contribution in [0.1, 0.15) is 30.0 Å². The van der Waals surface area contributed by atoms with Crippen LogP contribution in [0.15, 0.2) is 18.2 Å². The molecule has 0 aromatic heterocycles. The molecule has 90 valence electrons. The summed E-state index contributed by atoms with van der Waals surface area (Å²) in [6.07, 6.45) is 1.64. The Morgan fingerprint density at radius 3 is 2.62 bits per heavy atom. The highest BCUT2D eigenvalue weighted by Gasteiger charge is 2.03. The zero-order valence-corrected chi connectivity index (χ0v) is 9.78. The summed E-state index contributed by atoms with van der Waals surface area (Å²) in [5, 5.41) is 17.8. The number of benzene rings is 1. The smallest absolute Gasteiger partial charge is 0.0720 e. The van der Waals surface area contributed by atoms with E-state index in [2.05, 4.69) is 13.0 Å². The number of hydrogen-bond donors (Lipinski definition) is 2. The van der Waals surface area contributed by atoms with E-state index >= 15 is 0 Å². The molecule has 0 unspecified atom stereocenters. The molecule has 0 atom stereocenters. The van der Waals surface area contributed by atoms with Crippen molar-refractivity contribution in [2.45, 2.75) is 33.0 Å². The van der Waals surface area contributed by atoms with Gasteiger partial charge in [0.1, 0.15) is 0 Å². The second-order valence-electron chi connectivity index (χ2n) is 3.74. The Bertz CT molecular complexity index is 310. The summed E-state index contributed by atoms with van der Waals surface area (Å²) in [6.45, 7) is 3.36. The maximum absolute atomic E-state index is 9.19. The van der Waals surface area contributed by atoms with E-state index in [9.17, 15) is 5.11 Å². The lowest BCUT2D eigenvalue weighted by atomic mass is 10.0. The van der Waals surface area contributed by atoms with Gasteiger partial charge in [0.2, 0.25) is 0 Å². The molecule has 0 aliphatic carbocycles. The van der Waals surface area contributed by atoms with Gasteiger partial charge in [0.05, 0.1) is 13.2 Å². The van der Waals surface area contributed by atoms with E-state index in [4.69, 9.17) is 9.84 Å². The van der Waals surface area contributed by atoms with E-state index in [1.54, 1.807) is 0 Å². The standard InChI is InChI=1S/C13H20O3/c1-2-11-4-5-12(9-15)13(8-11)10-16-7-3-6-14/h4-5,8,14-15H,2-3,6-7,9-10H2,1H3. The first kappa shape index (κ1) is 13.2. The largest absolute Gasteiger partial charge is 0.396 e. The van der Waals surface area contributed by atoms with Gasteiger partial charge in [-0.15, -0.1) is 0 Å². The van der Waals surface area contributed by atoms with E-state index in [0.29, 0.717) is 19.6 Å². The summed E-state index contributed by atoms with van der Waals surface area (Å²) >= 11 is 0. The molecule has 0 spiro atoms. The molecule has 0 radical (unpaired) electrons. The Kier molecular flexibility index (Phi) is 6.08. The molecule has 0 bridgehead atoms. The van der Waals surface area contributed by atoms with E-state index in [0.717, 1.165) is 17.5 Å². The predicted molar refractivity (Wildman–Crippen MR) is 63.1 cm³/mol. The Morgan fingerprint density at radius 1 is 1.19 bits per heavy atom. The van der Waals surface area contributed by atoms with Crippen molar-refractivity contribution in [3.63, 3.8) is 0 Å². The highest BCUT2D eigenvalue weighted by atomic mass is 16.5. The molecule has 0 heterocycles. The van der Waals surface area contributed by atoms with Crippen LogP contribution in [-0.4, -0.2) is 23.4 Å². The van der Waals surface area contributed by atoms with Crippen LogP contribution in [0.4, 0.5) is 0 Å². The molecule has 0 aliphatic rings. The van der Waals surface area contributed by atoms with Crippen LogP contribution in [-0.2, 0) is 24.4 Å². The number of ether oxygens (including phenoxy) is 1. The topological polar surface area (TPSA) is 49.7 Å². The molecular weight excluding hydrogens is 204 g/mol. The molecule has 0 amide bonds. The third-order valence-corrected chi connectivity index (χ3v) is 2.55. The minimum Gasteiger partial charge on any atom is -0.396 e. The zero-order valence-electron chi connectivity index (χ0n) is 9.78. The Labute approximate surface area is 96.7 Å². The first-order chi connectivity index (χ1) is 7.81. The first-order valence-electron chi connectivity index (χ1n) is 5.72. The summed E-state index contributed by atoms with van der Waals surface area (Å²) in [5.41, 5.74) is 3.21. The number of aliphatic hydroxyl groups is 2. The van der Waals surface area contributed by atoms with Gasteiger partial charge in [0, 0.05) is 13.2 Å². The van der Waals surface area contributed by atoms with Gasteiger partial charge in [-0.1, -0.05) is 25.1 Å². The van der Waals surface area contributed by atoms with Crippen LogP contribution in [0.2, 0.25) is 0 Å². The van der Waals surface area contributed by atoms with Gasteiger partial charge in [-0.05, 0) is 29.5 Å². The molecule has 3 nitrogen and oxygen atoms in total. The van der Waals surface area contributed by atoms with Gasteiger partial charge < -0.3 is 14.9 Å². The van der Waals surface area contributed by atoms with Gasteiger partial charge in [-0.2, -0.15) is 0 Å². The predicted octanol–water partition coefficient (Wildman–Crippen LogP) is 1.64. The molecular formula is C13H20O3. The maximum Gasteiger partial charge on any atom is 0.0720 e. The Balaban J connectivity index is 2.60. The minimum atomic E-state index is 0.0443. The van der Waals surface area contributed by atoms with Crippen molar-refractivity contribution in [1.82, 2.24) is 0 Å². The molecule has 1 aromatic rings. The lowest BCUT2D eigenvalue weighted by Crippen LogP contribution is -2.02. The van der Waals surface area contributed by atoms with Gasteiger partial charge in [-0.3, -0.25) is 0 Å².